The summed E-state index contributed by atoms with van der Waals surface area (Å²) in [4.78, 5) is 7.77. The van der Waals surface area contributed by atoms with Crippen molar-refractivity contribution >= 4 is 51.3 Å². The summed E-state index contributed by atoms with van der Waals surface area (Å²) in [6.07, 6.45) is 1.79. The Morgan fingerprint density at radius 2 is 1.87 bits per heavy atom. The van der Waals surface area contributed by atoms with Gasteiger partial charge in [0.15, 0.2) is 5.96 Å². The van der Waals surface area contributed by atoms with Crippen molar-refractivity contribution in [2.75, 3.05) is 33.2 Å². The molecular formula is C21H31IN4O2S2. The molecule has 30 heavy (non-hydrogen) atoms. The van der Waals surface area contributed by atoms with Gasteiger partial charge in [0.1, 0.15) is 4.21 Å². The molecule has 1 aliphatic rings. The third-order valence-electron chi connectivity index (χ3n) is 5.23. The van der Waals surface area contributed by atoms with Crippen LogP contribution in [0.1, 0.15) is 29.9 Å². The first kappa shape index (κ1) is 25.1. The molecule has 0 amide bonds. The fourth-order valence-electron chi connectivity index (χ4n) is 3.63. The van der Waals surface area contributed by atoms with E-state index in [4.69, 9.17) is 0 Å². The van der Waals surface area contributed by atoms with E-state index in [9.17, 15) is 8.42 Å². The molecule has 0 radical (unpaired) electrons. The molecule has 0 unspecified atom stereocenters. The van der Waals surface area contributed by atoms with Gasteiger partial charge in [-0.25, -0.2) is 8.42 Å². The molecule has 9 heteroatoms. The lowest BCUT2D eigenvalue weighted by atomic mass is 10.0. The molecular weight excluding hydrogens is 531 g/mol. The van der Waals surface area contributed by atoms with Gasteiger partial charge in [-0.05, 0) is 36.1 Å². The van der Waals surface area contributed by atoms with Gasteiger partial charge in [-0.1, -0.05) is 38.1 Å². The molecule has 0 atom stereocenters. The van der Waals surface area contributed by atoms with Crippen molar-refractivity contribution in [2.24, 2.45) is 4.99 Å². The summed E-state index contributed by atoms with van der Waals surface area (Å²) in [6, 6.07) is 12.2. The van der Waals surface area contributed by atoms with Gasteiger partial charge in [0.2, 0.25) is 0 Å². The molecule has 2 aromatic rings. The minimum Gasteiger partial charge on any atom is -0.356 e. The van der Waals surface area contributed by atoms with Crippen LogP contribution in [-0.2, 0) is 29.4 Å². The smallest absolute Gasteiger partial charge is 0.252 e. The van der Waals surface area contributed by atoms with Crippen LogP contribution >= 0.6 is 35.3 Å². The maximum absolute atomic E-state index is 12.6. The first-order valence-corrected chi connectivity index (χ1v) is 12.4. The second-order valence-corrected chi connectivity index (χ2v) is 10.3. The average Bonchev–Trinajstić information content (AvgIpc) is 3.21. The number of halogens is 1. The van der Waals surface area contributed by atoms with Crippen LogP contribution in [0.5, 0.6) is 0 Å². The highest BCUT2D eigenvalue weighted by Gasteiger charge is 2.23. The van der Waals surface area contributed by atoms with E-state index in [1.807, 2.05) is 27.0 Å². The number of aliphatic imine (C=N–C) groups is 1. The summed E-state index contributed by atoms with van der Waals surface area (Å²) in [6.45, 7) is 7.24. The molecule has 0 saturated heterocycles. The van der Waals surface area contributed by atoms with E-state index in [0.29, 0.717) is 17.3 Å². The number of rotatable bonds is 7. The van der Waals surface area contributed by atoms with Crippen molar-refractivity contribution in [1.29, 1.82) is 0 Å². The Labute approximate surface area is 201 Å². The number of nitrogens with zero attached hydrogens (tertiary/aromatic N) is 3. The summed E-state index contributed by atoms with van der Waals surface area (Å²) in [5.41, 5.74) is 2.77. The quantitative estimate of drug-likeness (QED) is 0.319. The van der Waals surface area contributed by atoms with E-state index < -0.39 is 10.0 Å². The van der Waals surface area contributed by atoms with Gasteiger partial charge in [0, 0.05) is 44.6 Å². The number of sulfonamides is 1. The topological polar surface area (TPSA) is 65.0 Å². The van der Waals surface area contributed by atoms with Gasteiger partial charge in [0.25, 0.3) is 10.0 Å². The fourth-order valence-corrected chi connectivity index (χ4v) is 6.60. The summed E-state index contributed by atoms with van der Waals surface area (Å²) in [5, 5.41) is 3.43. The standard InChI is InChI=1S/C21H30N4O2S2.HI/c1-4-25(5-2)29(26,27)20-11-10-19(28-20)12-14-23-21(22-3)24-15-13-17-8-6-7-9-18(17)16-24;/h6-11H,4-5,12-16H2,1-3H3,(H,22,23);1H. The zero-order valence-corrected chi connectivity index (χ0v) is 21.8. The Kier molecular flexibility index (Phi) is 9.58. The summed E-state index contributed by atoms with van der Waals surface area (Å²) in [5.74, 6) is 0.895. The van der Waals surface area contributed by atoms with Crippen LogP contribution in [-0.4, -0.2) is 56.8 Å². The molecule has 166 valence electrons. The Morgan fingerprint density at radius 3 is 2.53 bits per heavy atom. The molecule has 3 rings (SSSR count). The van der Waals surface area contributed by atoms with Crippen molar-refractivity contribution in [1.82, 2.24) is 14.5 Å². The molecule has 6 nitrogen and oxygen atoms in total. The van der Waals surface area contributed by atoms with Crippen molar-refractivity contribution in [3.05, 3.63) is 52.4 Å². The highest BCUT2D eigenvalue weighted by Crippen LogP contribution is 2.25. The highest BCUT2D eigenvalue weighted by atomic mass is 127. The highest BCUT2D eigenvalue weighted by molar-refractivity contribution is 14.0. The number of hydrogen-bond donors (Lipinski definition) is 1. The molecule has 1 aromatic heterocycles. The van der Waals surface area contributed by atoms with E-state index >= 15 is 0 Å². The van der Waals surface area contributed by atoms with Gasteiger partial charge in [-0.2, -0.15) is 4.31 Å². The monoisotopic (exact) mass is 562 g/mol. The number of nitrogens with one attached hydrogen (secondary N) is 1. The lowest BCUT2D eigenvalue weighted by Crippen LogP contribution is -2.44. The second kappa shape index (κ2) is 11.4. The van der Waals surface area contributed by atoms with Crippen LogP contribution in [0.2, 0.25) is 0 Å². The van der Waals surface area contributed by atoms with E-state index in [-0.39, 0.29) is 24.0 Å². The molecule has 0 aliphatic carbocycles. The number of guanidine groups is 1. The van der Waals surface area contributed by atoms with Crippen LogP contribution in [0, 0.1) is 0 Å². The van der Waals surface area contributed by atoms with Crippen LogP contribution in [0.25, 0.3) is 0 Å². The maximum atomic E-state index is 12.6. The summed E-state index contributed by atoms with van der Waals surface area (Å²) >= 11 is 1.36. The summed E-state index contributed by atoms with van der Waals surface area (Å²) < 4.78 is 27.2. The first-order valence-electron chi connectivity index (χ1n) is 10.1. The largest absolute Gasteiger partial charge is 0.356 e. The normalized spacial score (nSPS) is 14.4. The molecule has 0 spiro atoms. The molecule has 0 fully saturated rings. The maximum Gasteiger partial charge on any atom is 0.252 e. The number of fused-ring (bicyclic) bond motifs is 1. The van der Waals surface area contributed by atoms with Gasteiger partial charge >= 0.3 is 0 Å². The van der Waals surface area contributed by atoms with Crippen LogP contribution in [0.15, 0.2) is 45.6 Å². The van der Waals surface area contributed by atoms with Crippen molar-refractivity contribution in [3.8, 4) is 0 Å². The predicted octanol–water partition coefficient (Wildman–Crippen LogP) is 3.57. The zero-order chi connectivity index (χ0) is 20.9. The molecule has 0 bridgehead atoms. The summed E-state index contributed by atoms with van der Waals surface area (Å²) in [7, 11) is -1.56. The van der Waals surface area contributed by atoms with E-state index in [1.54, 1.807) is 6.07 Å². The van der Waals surface area contributed by atoms with Gasteiger partial charge < -0.3 is 10.2 Å². The van der Waals surface area contributed by atoms with Crippen molar-refractivity contribution in [3.63, 3.8) is 0 Å². The molecule has 1 N–H and O–H groups in total. The minimum atomic E-state index is -3.37. The number of thiophene rings is 1. The fraction of sp³-hybridized carbons (Fsp3) is 0.476. The third-order valence-corrected chi connectivity index (χ3v) is 8.90. The lowest BCUT2D eigenvalue weighted by molar-refractivity contribution is 0.379. The Hall–Kier alpha value is -1.17. The third kappa shape index (κ3) is 5.74. The van der Waals surface area contributed by atoms with Crippen molar-refractivity contribution < 1.29 is 8.42 Å². The van der Waals surface area contributed by atoms with Crippen LogP contribution < -0.4 is 5.32 Å². The minimum absolute atomic E-state index is 0. The first-order chi connectivity index (χ1) is 14.0. The average molecular weight is 563 g/mol. The van der Waals surface area contributed by atoms with E-state index in [2.05, 4.69) is 39.5 Å². The second-order valence-electron chi connectivity index (χ2n) is 6.97. The van der Waals surface area contributed by atoms with E-state index in [1.165, 1.54) is 26.8 Å². The van der Waals surface area contributed by atoms with Crippen LogP contribution in [0.4, 0.5) is 0 Å². The van der Waals surface area contributed by atoms with Gasteiger partial charge in [-0.3, -0.25) is 4.99 Å². The lowest BCUT2D eigenvalue weighted by Gasteiger charge is -2.31. The Bertz CT molecular complexity index is 955. The Balaban J connectivity index is 0.00000320. The van der Waals surface area contributed by atoms with Crippen molar-refractivity contribution in [2.45, 2.75) is 37.4 Å². The molecule has 0 saturated carbocycles. The molecule has 1 aromatic carbocycles. The van der Waals surface area contributed by atoms with E-state index in [0.717, 1.165) is 43.3 Å². The molecule has 1 aliphatic heterocycles. The zero-order valence-electron chi connectivity index (χ0n) is 17.8. The van der Waals surface area contributed by atoms with Crippen LogP contribution in [0.3, 0.4) is 0 Å². The number of hydrogen-bond acceptors (Lipinski definition) is 4. The molecule has 2 heterocycles. The SMILES string of the molecule is CCN(CC)S(=O)(=O)c1ccc(CCNC(=NC)N2CCc3ccccc3C2)s1.I. The Morgan fingerprint density at radius 1 is 1.17 bits per heavy atom. The number of benzene rings is 1. The predicted molar refractivity (Wildman–Crippen MR) is 135 cm³/mol. The van der Waals surface area contributed by atoms with Gasteiger partial charge in [-0.15, -0.1) is 35.3 Å². The van der Waals surface area contributed by atoms with Gasteiger partial charge in [0.05, 0.1) is 0 Å².